The highest BCUT2D eigenvalue weighted by atomic mass is 35.5. The number of anilines is 1. The minimum absolute atomic E-state index is 0.113. The zero-order chi connectivity index (χ0) is 33.3. The molecule has 4 bridgehead atoms. The topological polar surface area (TPSA) is 86.8 Å². The van der Waals surface area contributed by atoms with E-state index in [0.717, 1.165) is 35.1 Å². The molecule has 0 aliphatic heterocycles. The van der Waals surface area contributed by atoms with E-state index in [4.69, 9.17) is 11.6 Å². The van der Waals surface area contributed by atoms with Gasteiger partial charge < -0.3 is 10.2 Å². The highest BCUT2D eigenvalue weighted by molar-refractivity contribution is 7.92. The summed E-state index contributed by atoms with van der Waals surface area (Å²) in [5, 5.41) is 3.54. The van der Waals surface area contributed by atoms with Gasteiger partial charge in [0.15, 0.2) is 0 Å². The van der Waals surface area contributed by atoms with Crippen LogP contribution in [0.3, 0.4) is 0 Å². The molecule has 1 unspecified atom stereocenters. The normalized spacial score (nSPS) is 23.8. The van der Waals surface area contributed by atoms with Crippen molar-refractivity contribution in [3.8, 4) is 0 Å². The number of benzene rings is 3. The summed E-state index contributed by atoms with van der Waals surface area (Å²) in [5.74, 6) is 1.64. The number of amides is 2. The number of carbonyl (C=O) groups excluding carboxylic acids is 2. The van der Waals surface area contributed by atoms with Crippen LogP contribution in [0.2, 0.25) is 5.02 Å². The zero-order valence-corrected chi connectivity index (χ0v) is 29.1. The van der Waals surface area contributed by atoms with Crippen molar-refractivity contribution in [1.82, 2.24) is 10.2 Å². The van der Waals surface area contributed by atoms with E-state index in [2.05, 4.69) is 17.4 Å². The Kier molecular flexibility index (Phi) is 9.73. The van der Waals surface area contributed by atoms with Gasteiger partial charge in [-0.3, -0.25) is 13.9 Å². The van der Waals surface area contributed by atoms with Crippen LogP contribution in [0.25, 0.3) is 0 Å². The summed E-state index contributed by atoms with van der Waals surface area (Å²) in [4.78, 5) is 29.6. The zero-order valence-electron chi connectivity index (χ0n) is 27.6. The molecule has 7 rings (SSSR count). The predicted octanol–water partition coefficient (Wildman–Crippen LogP) is 6.74. The Labute approximate surface area is 284 Å². The summed E-state index contributed by atoms with van der Waals surface area (Å²) < 4.78 is 27.8. The van der Waals surface area contributed by atoms with Gasteiger partial charge in [-0.1, -0.05) is 66.2 Å². The lowest BCUT2D eigenvalue weighted by molar-refractivity contribution is -0.140. The average Bonchev–Trinajstić information content (AvgIpc) is 3.01. The number of rotatable bonds is 12. The molecule has 3 aromatic carbocycles. The summed E-state index contributed by atoms with van der Waals surface area (Å²) in [6, 6.07) is 23.6. The van der Waals surface area contributed by atoms with Crippen LogP contribution in [0.15, 0.2) is 78.9 Å². The van der Waals surface area contributed by atoms with Crippen LogP contribution in [0.4, 0.5) is 5.69 Å². The van der Waals surface area contributed by atoms with Crippen LogP contribution in [0, 0.1) is 17.8 Å². The van der Waals surface area contributed by atoms with Crippen LogP contribution in [-0.4, -0.2) is 50.0 Å². The molecule has 0 spiro atoms. The molecular formula is C38H46ClN3O4S. The molecule has 0 heterocycles. The van der Waals surface area contributed by atoms with Crippen LogP contribution >= 0.6 is 11.6 Å². The van der Waals surface area contributed by atoms with Crippen molar-refractivity contribution in [3.63, 3.8) is 0 Å². The molecule has 1 N–H and O–H groups in total. The molecule has 7 nitrogen and oxygen atoms in total. The van der Waals surface area contributed by atoms with E-state index < -0.39 is 28.5 Å². The molecule has 4 saturated carbocycles. The first kappa shape index (κ1) is 33.5. The Hall–Kier alpha value is -3.36. The van der Waals surface area contributed by atoms with E-state index in [1.54, 1.807) is 12.1 Å². The first-order valence-corrected chi connectivity index (χ1v) is 19.1. The Morgan fingerprint density at radius 1 is 0.851 bits per heavy atom. The summed E-state index contributed by atoms with van der Waals surface area (Å²) >= 11 is 6.16. The largest absolute Gasteiger partial charge is 0.352 e. The third-order valence-corrected chi connectivity index (χ3v) is 11.8. The van der Waals surface area contributed by atoms with Crippen molar-refractivity contribution >= 4 is 39.1 Å². The molecule has 0 radical (unpaired) electrons. The second-order valence-corrected chi connectivity index (χ2v) is 16.9. The van der Waals surface area contributed by atoms with Crippen LogP contribution in [-0.2, 0) is 38.0 Å². The minimum Gasteiger partial charge on any atom is -0.352 e. The van der Waals surface area contributed by atoms with E-state index in [9.17, 15) is 18.0 Å². The molecule has 1 atom stereocenters. The number of carbonyl (C=O) groups is 2. The molecule has 9 heteroatoms. The second-order valence-electron chi connectivity index (χ2n) is 14.5. The molecule has 4 fully saturated rings. The maximum Gasteiger partial charge on any atom is 0.244 e. The van der Waals surface area contributed by atoms with Crippen molar-refractivity contribution in [3.05, 3.63) is 101 Å². The maximum atomic E-state index is 14.4. The molecule has 3 aromatic rings. The lowest BCUT2D eigenvalue weighted by Gasteiger charge is -2.57. The van der Waals surface area contributed by atoms with Crippen LogP contribution in [0.1, 0.15) is 69.1 Å². The summed E-state index contributed by atoms with van der Waals surface area (Å²) in [5.41, 5.74) is 3.60. The van der Waals surface area contributed by atoms with Gasteiger partial charge in [0.05, 0.1) is 11.9 Å². The van der Waals surface area contributed by atoms with Gasteiger partial charge >= 0.3 is 0 Å². The minimum atomic E-state index is -3.84. The van der Waals surface area contributed by atoms with E-state index in [-0.39, 0.29) is 30.3 Å². The van der Waals surface area contributed by atoms with Crippen molar-refractivity contribution < 1.29 is 18.0 Å². The standard InChI is InChI=1S/C38H46ClN3O4S/c1-26(2)40-37(44)35(20-27-7-5-4-6-8-27)41(24-28-9-13-33(39)14-10-28)36(43)25-42(47(3,45)46)34-15-11-32(12-16-34)38-21-29-17-30(22-38)19-31(18-29)23-38/h4-16,26,29-31,35H,17-25H2,1-3H3,(H,40,44). The third kappa shape index (κ3) is 7.70. The summed E-state index contributed by atoms with van der Waals surface area (Å²) in [6.07, 6.45) is 9.12. The monoisotopic (exact) mass is 675 g/mol. The molecule has 4 aliphatic rings. The molecular weight excluding hydrogens is 630 g/mol. The van der Waals surface area contributed by atoms with Gasteiger partial charge in [-0.05, 0) is 116 Å². The number of hydrogen-bond acceptors (Lipinski definition) is 4. The Balaban J connectivity index is 1.30. The fourth-order valence-corrected chi connectivity index (χ4v) is 9.76. The molecule has 2 amide bonds. The van der Waals surface area contributed by atoms with Gasteiger partial charge in [-0.25, -0.2) is 8.42 Å². The third-order valence-electron chi connectivity index (χ3n) is 10.5. The van der Waals surface area contributed by atoms with Crippen LogP contribution in [0.5, 0.6) is 0 Å². The first-order valence-electron chi connectivity index (χ1n) is 16.8. The van der Waals surface area contributed by atoms with Gasteiger partial charge in [-0.2, -0.15) is 0 Å². The van der Waals surface area contributed by atoms with E-state index in [1.165, 1.54) is 53.3 Å². The van der Waals surface area contributed by atoms with E-state index >= 15 is 0 Å². The number of nitrogens with zero attached hydrogens (tertiary/aromatic N) is 2. The smallest absolute Gasteiger partial charge is 0.244 e. The lowest BCUT2D eigenvalue weighted by atomic mass is 9.48. The molecule has 250 valence electrons. The Morgan fingerprint density at radius 2 is 1.43 bits per heavy atom. The number of halogens is 1. The SMILES string of the molecule is CC(C)NC(=O)C(Cc1ccccc1)N(Cc1ccc(Cl)cc1)C(=O)CN(c1ccc(C23CC4CC(CC(C4)C2)C3)cc1)S(C)(=O)=O. The highest BCUT2D eigenvalue weighted by Gasteiger charge is 2.51. The van der Waals surface area contributed by atoms with Crippen molar-refractivity contribution in [2.45, 2.75) is 82.8 Å². The molecule has 47 heavy (non-hydrogen) atoms. The first-order chi connectivity index (χ1) is 22.4. The Bertz CT molecular complexity index is 1640. The van der Waals surface area contributed by atoms with Gasteiger partial charge in [0, 0.05) is 24.0 Å². The van der Waals surface area contributed by atoms with Gasteiger partial charge in [0.2, 0.25) is 21.8 Å². The summed E-state index contributed by atoms with van der Waals surface area (Å²) in [7, 11) is -3.84. The number of nitrogens with one attached hydrogen (secondary N) is 1. The fraction of sp³-hybridized carbons (Fsp3) is 0.474. The highest BCUT2D eigenvalue weighted by Crippen LogP contribution is 2.60. The maximum absolute atomic E-state index is 14.4. The van der Waals surface area contributed by atoms with E-state index in [1.807, 2.05) is 68.4 Å². The van der Waals surface area contributed by atoms with E-state index in [0.29, 0.717) is 10.7 Å². The number of hydrogen-bond donors (Lipinski definition) is 1. The Morgan fingerprint density at radius 3 is 1.96 bits per heavy atom. The fourth-order valence-electron chi connectivity index (χ4n) is 8.78. The van der Waals surface area contributed by atoms with Crippen molar-refractivity contribution in [2.75, 3.05) is 17.1 Å². The molecule has 0 aromatic heterocycles. The van der Waals surface area contributed by atoms with Gasteiger partial charge in [0.25, 0.3) is 0 Å². The summed E-state index contributed by atoms with van der Waals surface area (Å²) in [6.45, 7) is 3.44. The second kappa shape index (κ2) is 13.6. The molecule has 4 aliphatic carbocycles. The lowest BCUT2D eigenvalue weighted by Crippen LogP contribution is -2.54. The number of sulfonamides is 1. The van der Waals surface area contributed by atoms with Gasteiger partial charge in [-0.15, -0.1) is 0 Å². The average molecular weight is 676 g/mol. The van der Waals surface area contributed by atoms with Crippen molar-refractivity contribution in [1.29, 1.82) is 0 Å². The van der Waals surface area contributed by atoms with Crippen LogP contribution < -0.4 is 9.62 Å². The molecule has 0 saturated heterocycles. The van der Waals surface area contributed by atoms with Gasteiger partial charge in [0.1, 0.15) is 12.6 Å². The quantitative estimate of drug-likeness (QED) is 0.231. The van der Waals surface area contributed by atoms with Crippen molar-refractivity contribution in [2.24, 2.45) is 17.8 Å². The predicted molar refractivity (Wildman–Crippen MR) is 188 cm³/mol.